The number of hydrogen-bond acceptors (Lipinski definition) is 1. The molecule has 0 amide bonds. The van der Waals surface area contributed by atoms with Crippen LogP contribution in [0.5, 0.6) is 0 Å². The maximum absolute atomic E-state index is 2.42. The second-order valence-electron chi connectivity index (χ2n) is 5.02. The van der Waals surface area contributed by atoms with E-state index >= 15 is 0 Å². The molecule has 2 heteroatoms. The van der Waals surface area contributed by atoms with Gasteiger partial charge in [0, 0.05) is 0 Å². The maximum atomic E-state index is 2.42. The molecule has 0 aliphatic heterocycles. The Balaban J connectivity index is 3.69. The van der Waals surface area contributed by atoms with Crippen LogP contribution in [-0.4, -0.2) is 46.5 Å². The quantitative estimate of drug-likeness (QED) is 0.621. The van der Waals surface area contributed by atoms with Gasteiger partial charge in [-0.15, -0.1) is 0 Å². The van der Waals surface area contributed by atoms with Crippen molar-refractivity contribution in [2.75, 3.05) is 14.1 Å². The molecule has 0 aromatic rings. The summed E-state index contributed by atoms with van der Waals surface area (Å²) in [6.07, 6.45) is 5.65. The third kappa shape index (κ3) is 7.68. The average Bonchev–Trinajstić information content (AvgIpc) is 2.22. The van der Waals surface area contributed by atoms with Gasteiger partial charge in [-0.1, -0.05) is 0 Å². The van der Waals surface area contributed by atoms with Crippen LogP contribution in [0.2, 0.25) is 12.5 Å². The minimum absolute atomic E-state index is 0.843. The molecule has 1 nitrogen and oxygen atoms in total. The summed E-state index contributed by atoms with van der Waals surface area (Å²) in [7, 11) is 4.47. The Morgan fingerprint density at radius 3 is 2.00 bits per heavy atom. The van der Waals surface area contributed by atoms with Crippen molar-refractivity contribution >= 4 is 21.4 Å². The minimum atomic E-state index is -0.980. The van der Waals surface area contributed by atoms with E-state index in [0.29, 0.717) is 0 Å². The predicted octanol–water partition coefficient (Wildman–Crippen LogP) is 4.03. The molecule has 0 rings (SSSR count). The normalized spacial score (nSPS) is 13.2. The Kier molecular flexibility index (Phi) is 10.6. The second-order valence-corrected chi connectivity index (χ2v) is 16.3. The van der Waals surface area contributed by atoms with Crippen LogP contribution in [0.25, 0.3) is 0 Å². The first-order valence-electron chi connectivity index (χ1n) is 6.82. The van der Waals surface area contributed by atoms with Crippen LogP contribution >= 0.6 is 0 Å². The van der Waals surface area contributed by atoms with Crippen LogP contribution < -0.4 is 0 Å². The molecule has 0 saturated carbocycles. The van der Waals surface area contributed by atoms with Gasteiger partial charge in [0.1, 0.15) is 0 Å². The van der Waals surface area contributed by atoms with Gasteiger partial charge in [-0.05, 0) is 0 Å². The van der Waals surface area contributed by atoms with E-state index in [9.17, 15) is 0 Å². The van der Waals surface area contributed by atoms with Crippen LogP contribution in [0.4, 0.5) is 0 Å². The molecule has 0 saturated heterocycles. The van der Waals surface area contributed by atoms with Crippen LogP contribution in [0, 0.1) is 0 Å². The van der Waals surface area contributed by atoms with Gasteiger partial charge in [-0.2, -0.15) is 0 Å². The van der Waals surface area contributed by atoms with Gasteiger partial charge in [0.15, 0.2) is 0 Å². The molecule has 0 N–H and O–H groups in total. The molecule has 0 bridgehead atoms. The van der Waals surface area contributed by atoms with Crippen molar-refractivity contribution in [3.05, 3.63) is 0 Å². The molecule has 0 spiro atoms. The fraction of sp³-hybridized carbons (Fsp3) is 1.00. The van der Waals surface area contributed by atoms with Gasteiger partial charge in [0.05, 0.1) is 0 Å². The Bertz CT molecular complexity index is 132. The molecule has 90 valence electrons. The third-order valence-corrected chi connectivity index (χ3v) is 13.7. The molecule has 0 heterocycles. The fourth-order valence-electron chi connectivity index (χ4n) is 2.33. The van der Waals surface area contributed by atoms with Crippen LogP contribution in [0.15, 0.2) is 0 Å². The van der Waals surface area contributed by atoms with Crippen molar-refractivity contribution in [2.45, 2.75) is 65.0 Å². The zero-order valence-corrected chi connectivity index (χ0v) is 14.8. The molecule has 15 heavy (non-hydrogen) atoms. The number of hydrogen-bond donors (Lipinski definition) is 0. The van der Waals surface area contributed by atoms with E-state index in [1.54, 1.807) is 12.5 Å². The Morgan fingerprint density at radius 2 is 1.60 bits per heavy atom. The van der Waals surface area contributed by atoms with E-state index in [-0.39, 0.29) is 0 Å². The van der Waals surface area contributed by atoms with E-state index in [0.717, 1.165) is 6.04 Å². The van der Waals surface area contributed by atoms with Crippen molar-refractivity contribution in [3.8, 4) is 0 Å². The monoisotopic (exact) mass is 315 g/mol. The standard InChI is InChI=1S/C9H20N.2C2H5.In/c1-5-7-9(8-6-2)10(3)4;2*1-2;/h9H,1,5-8H2,2-4H3;2*1H2,2H3;. The zero-order valence-electron chi connectivity index (χ0n) is 11.6. The van der Waals surface area contributed by atoms with Gasteiger partial charge in [-0.3, -0.25) is 0 Å². The van der Waals surface area contributed by atoms with Crippen molar-refractivity contribution in [2.24, 2.45) is 0 Å². The molecule has 0 aliphatic rings. The van der Waals surface area contributed by atoms with Gasteiger partial charge in [-0.25, -0.2) is 0 Å². The van der Waals surface area contributed by atoms with Crippen LogP contribution in [0.3, 0.4) is 0 Å². The molecule has 0 aliphatic carbocycles. The topological polar surface area (TPSA) is 3.24 Å². The molecule has 1 unspecified atom stereocenters. The van der Waals surface area contributed by atoms with Crippen LogP contribution in [0.1, 0.15) is 46.5 Å². The fourth-order valence-corrected chi connectivity index (χ4v) is 8.63. The van der Waals surface area contributed by atoms with Gasteiger partial charge in [0.25, 0.3) is 0 Å². The molecule has 0 aromatic heterocycles. The van der Waals surface area contributed by atoms with E-state index < -0.39 is 21.4 Å². The summed E-state index contributed by atoms with van der Waals surface area (Å²) in [5, 5.41) is 0. The van der Waals surface area contributed by atoms with Crippen molar-refractivity contribution in [1.29, 1.82) is 0 Å². The molecule has 0 aromatic carbocycles. The summed E-state index contributed by atoms with van der Waals surface area (Å²) in [6.45, 7) is 7.13. The summed E-state index contributed by atoms with van der Waals surface area (Å²) < 4.78 is 4.78. The molecule has 0 radical (unpaired) electrons. The average molecular weight is 315 g/mol. The van der Waals surface area contributed by atoms with Crippen LogP contribution in [-0.2, 0) is 0 Å². The van der Waals surface area contributed by atoms with E-state index in [1.165, 1.54) is 25.7 Å². The summed E-state index contributed by atoms with van der Waals surface area (Å²) in [6, 6.07) is 0.843. The SMILES string of the molecule is CCCC(CC[CH2][In]([CH2]C)[CH2]C)N(C)C. The summed E-state index contributed by atoms with van der Waals surface area (Å²) >= 11 is -0.980. The summed E-state index contributed by atoms with van der Waals surface area (Å²) in [4.78, 5) is 2.42. The second kappa shape index (κ2) is 10.0. The zero-order chi connectivity index (χ0) is 11.7. The van der Waals surface area contributed by atoms with Gasteiger partial charge >= 0.3 is 105 Å². The molecular weight excluding hydrogens is 285 g/mol. The van der Waals surface area contributed by atoms with Gasteiger partial charge in [0.2, 0.25) is 0 Å². The Morgan fingerprint density at radius 1 is 1.00 bits per heavy atom. The van der Waals surface area contributed by atoms with Gasteiger partial charge < -0.3 is 0 Å². The van der Waals surface area contributed by atoms with E-state index in [2.05, 4.69) is 39.8 Å². The first-order valence-corrected chi connectivity index (χ1v) is 13.8. The number of rotatable bonds is 9. The molecule has 1 atom stereocenters. The predicted molar refractivity (Wildman–Crippen MR) is 73.1 cm³/mol. The van der Waals surface area contributed by atoms with Crippen molar-refractivity contribution in [3.63, 3.8) is 0 Å². The van der Waals surface area contributed by atoms with E-state index in [4.69, 9.17) is 0 Å². The summed E-state index contributed by atoms with van der Waals surface area (Å²) in [5.41, 5.74) is 0. The van der Waals surface area contributed by atoms with Crippen molar-refractivity contribution < 1.29 is 0 Å². The molecular formula is C13H30InN. The summed E-state index contributed by atoms with van der Waals surface area (Å²) in [5.74, 6) is 0. The third-order valence-electron chi connectivity index (χ3n) is 3.66. The Labute approximate surface area is 105 Å². The van der Waals surface area contributed by atoms with Crippen molar-refractivity contribution in [1.82, 2.24) is 4.90 Å². The number of nitrogens with zero attached hydrogens (tertiary/aromatic N) is 1. The Hall–Kier alpha value is 0.830. The van der Waals surface area contributed by atoms with E-state index in [1.807, 2.05) is 0 Å². The molecule has 0 fully saturated rings. The first kappa shape index (κ1) is 15.8. The first-order chi connectivity index (χ1) is 7.15.